The average molecular weight is 412 g/mol. The van der Waals surface area contributed by atoms with Crippen LogP contribution >= 0.6 is 7.82 Å². The van der Waals surface area contributed by atoms with E-state index in [0.29, 0.717) is 18.5 Å². The third-order valence-electron chi connectivity index (χ3n) is 4.04. The highest BCUT2D eigenvalue weighted by atomic mass is 31.2. The highest BCUT2D eigenvalue weighted by molar-refractivity contribution is 7.85. The predicted molar refractivity (Wildman–Crippen MR) is 99.1 cm³/mol. The van der Waals surface area contributed by atoms with Crippen molar-refractivity contribution >= 4 is 38.5 Å². The summed E-state index contributed by atoms with van der Waals surface area (Å²) in [4.78, 5) is 33.3. The normalized spacial score (nSPS) is 21.6. The van der Waals surface area contributed by atoms with E-state index in [0.717, 1.165) is 0 Å². The first-order valence-corrected chi connectivity index (χ1v) is 9.96. The summed E-state index contributed by atoms with van der Waals surface area (Å²) in [6, 6.07) is 0. The van der Waals surface area contributed by atoms with Crippen LogP contribution in [0, 0.1) is 0 Å². The van der Waals surface area contributed by atoms with Gasteiger partial charge in [0.05, 0.1) is 19.5 Å². The second-order valence-electron chi connectivity index (χ2n) is 5.97. The maximum Gasteiger partial charge on any atom is 0.488 e. The van der Waals surface area contributed by atoms with Gasteiger partial charge in [0.15, 0.2) is 11.2 Å². The molecule has 0 aliphatic carbocycles. The Labute approximate surface area is 161 Å². The van der Waals surface area contributed by atoms with E-state index in [1.54, 1.807) is 4.57 Å². The van der Waals surface area contributed by atoms with Gasteiger partial charge in [0.2, 0.25) is 12.7 Å². The van der Waals surface area contributed by atoms with Gasteiger partial charge < -0.3 is 15.2 Å². The number of nitrogens with zero attached hydrogens (tertiary/aromatic N) is 3. The summed E-state index contributed by atoms with van der Waals surface area (Å²) in [5.41, 5.74) is 5.72. The van der Waals surface area contributed by atoms with Gasteiger partial charge in [-0.2, -0.15) is 18.6 Å². The number of carbonyl (C=O) groups excluding carboxylic acids is 1. The van der Waals surface area contributed by atoms with Gasteiger partial charge in [0.25, 0.3) is 5.56 Å². The fourth-order valence-electron chi connectivity index (χ4n) is 2.68. The summed E-state index contributed by atoms with van der Waals surface area (Å²) in [6.45, 7) is 0.984. The minimum atomic E-state index is -3.14. The number of hydrogen-bond acceptors (Lipinski definition) is 10. The number of aromatic amines is 1. The molecule has 12 nitrogen and oxygen atoms in total. The number of fused-ring (bicyclic) bond motifs is 1. The third-order valence-corrected chi connectivity index (χ3v) is 5.52. The fraction of sp³-hybridized carbons (Fsp3) is 0.571. The lowest BCUT2D eigenvalue weighted by molar-refractivity contribution is -0.148. The van der Waals surface area contributed by atoms with Gasteiger partial charge in [0, 0.05) is 6.92 Å². The first kappa shape index (κ1) is 20.7. The zero-order valence-electron chi connectivity index (χ0n) is 15.4. The molecule has 1 fully saturated rings. The number of anilines is 1. The van der Waals surface area contributed by atoms with Crippen molar-refractivity contribution in [1.29, 1.82) is 0 Å². The molecule has 1 aliphatic heterocycles. The van der Waals surface area contributed by atoms with Crippen molar-refractivity contribution in [3.63, 3.8) is 0 Å². The van der Waals surface area contributed by atoms with Gasteiger partial charge in [-0.25, -0.2) is 4.98 Å². The van der Waals surface area contributed by atoms with E-state index in [1.165, 1.54) is 20.4 Å². The monoisotopic (exact) mass is 412 g/mol. The standard InChI is InChI=1S/C14H20BN5O7P/c1-8(21)24-7-26-28(15,23-2)25-5-9-3-4-10(27-9)20-6-17-11-12(20)18-14(16)19-13(11)22/h6,9-10H,3-5,7H2,1-2H3,(H3,16,18,19,22)/q+1/t9-,10+,28?/m0/s1. The van der Waals surface area contributed by atoms with E-state index in [2.05, 4.69) is 19.7 Å². The summed E-state index contributed by atoms with van der Waals surface area (Å²) in [5.74, 6) is -0.509. The van der Waals surface area contributed by atoms with E-state index in [4.69, 9.17) is 31.6 Å². The Bertz CT molecular complexity index is 908. The van der Waals surface area contributed by atoms with Crippen molar-refractivity contribution < 1.29 is 27.8 Å². The Morgan fingerprint density at radius 1 is 1.50 bits per heavy atom. The Balaban J connectivity index is 1.60. The van der Waals surface area contributed by atoms with Crippen LogP contribution < -0.4 is 11.3 Å². The van der Waals surface area contributed by atoms with Gasteiger partial charge in [-0.05, 0) is 12.8 Å². The van der Waals surface area contributed by atoms with Gasteiger partial charge in [-0.15, -0.1) is 0 Å². The number of H-pyrrole nitrogens is 1. The van der Waals surface area contributed by atoms with E-state index >= 15 is 0 Å². The molecule has 150 valence electrons. The molecule has 14 heteroatoms. The topological polar surface area (TPSA) is 153 Å². The first-order valence-electron chi connectivity index (χ1n) is 8.35. The number of esters is 1. The summed E-state index contributed by atoms with van der Waals surface area (Å²) in [7, 11) is 4.12. The molecule has 1 saturated heterocycles. The smallest absolute Gasteiger partial charge is 0.434 e. The molecule has 0 aromatic carbocycles. The molecule has 3 atom stereocenters. The van der Waals surface area contributed by atoms with Gasteiger partial charge in [-0.1, -0.05) is 0 Å². The molecule has 3 rings (SSSR count). The van der Waals surface area contributed by atoms with Crippen molar-refractivity contribution in [1.82, 2.24) is 19.5 Å². The summed E-state index contributed by atoms with van der Waals surface area (Å²) >= 11 is 0. The molecule has 0 amide bonds. The van der Waals surface area contributed by atoms with Crippen molar-refractivity contribution in [2.75, 3.05) is 26.2 Å². The second kappa shape index (κ2) is 8.54. The molecule has 2 aromatic rings. The number of aromatic nitrogens is 4. The van der Waals surface area contributed by atoms with Crippen LogP contribution in [0.25, 0.3) is 11.2 Å². The molecule has 3 heterocycles. The number of hydrogen-bond donors (Lipinski definition) is 2. The Kier molecular flexibility index (Phi) is 6.31. The summed E-state index contributed by atoms with van der Waals surface area (Å²) < 4.78 is 28.1. The lowest BCUT2D eigenvalue weighted by Crippen LogP contribution is -2.19. The molecule has 1 aliphatic rings. The Morgan fingerprint density at radius 2 is 2.29 bits per heavy atom. The first-order chi connectivity index (χ1) is 13.3. The Hall–Kier alpha value is -2.05. The minimum Gasteiger partial charge on any atom is -0.434 e. The number of ether oxygens (including phenoxy) is 2. The number of imidazole rings is 1. The van der Waals surface area contributed by atoms with Crippen LogP contribution in [-0.4, -0.2) is 59.7 Å². The lowest BCUT2D eigenvalue weighted by atomic mass is 10.2. The maximum atomic E-state index is 11.9. The number of nitrogens with one attached hydrogen (secondary N) is 1. The van der Waals surface area contributed by atoms with Gasteiger partial charge in [0.1, 0.15) is 12.8 Å². The van der Waals surface area contributed by atoms with Crippen LogP contribution in [0.5, 0.6) is 0 Å². The van der Waals surface area contributed by atoms with E-state index in [1.807, 2.05) is 0 Å². The quantitative estimate of drug-likeness (QED) is 0.270. The number of nitrogen functional groups attached to an aromatic ring is 1. The number of nitrogens with two attached hydrogens (primary N) is 1. The Morgan fingerprint density at radius 3 is 3.00 bits per heavy atom. The third kappa shape index (κ3) is 4.68. The molecule has 0 bridgehead atoms. The zero-order chi connectivity index (χ0) is 20.3. The number of carbonyl (C=O) groups is 1. The minimum absolute atomic E-state index is 0.000122. The van der Waals surface area contributed by atoms with Crippen molar-refractivity contribution in [3.8, 4) is 0 Å². The van der Waals surface area contributed by atoms with Crippen molar-refractivity contribution in [3.05, 3.63) is 16.7 Å². The molecule has 2 radical (unpaired) electrons. The molecule has 2 aromatic heterocycles. The largest absolute Gasteiger partial charge is 0.488 e. The van der Waals surface area contributed by atoms with Crippen LogP contribution in [0.15, 0.2) is 11.1 Å². The van der Waals surface area contributed by atoms with Crippen LogP contribution in [0.1, 0.15) is 26.0 Å². The van der Waals surface area contributed by atoms with Crippen molar-refractivity contribution in [2.24, 2.45) is 0 Å². The molecule has 0 spiro atoms. The van der Waals surface area contributed by atoms with Crippen LogP contribution in [0.3, 0.4) is 0 Å². The molecule has 3 N–H and O–H groups in total. The van der Waals surface area contributed by atoms with Crippen LogP contribution in [0.2, 0.25) is 0 Å². The summed E-state index contributed by atoms with van der Waals surface area (Å²) in [6.07, 6.45) is 2.11. The van der Waals surface area contributed by atoms with Crippen molar-refractivity contribution in [2.45, 2.75) is 32.1 Å². The molecule has 1 unspecified atom stereocenters. The van der Waals surface area contributed by atoms with Crippen LogP contribution in [-0.2, 0) is 27.8 Å². The molecular formula is C14H20BN5O7P+. The molecule has 0 saturated carbocycles. The molecule has 28 heavy (non-hydrogen) atoms. The fourth-order valence-corrected chi connectivity index (χ4v) is 3.54. The predicted octanol–water partition coefficient (Wildman–Crippen LogP) is 0.426. The maximum absolute atomic E-state index is 11.9. The number of rotatable bonds is 8. The van der Waals surface area contributed by atoms with Gasteiger partial charge >= 0.3 is 21.4 Å². The van der Waals surface area contributed by atoms with Crippen LogP contribution in [0.4, 0.5) is 5.95 Å². The summed E-state index contributed by atoms with van der Waals surface area (Å²) in [5, 5.41) is 0. The highest BCUT2D eigenvalue weighted by Crippen LogP contribution is 2.57. The zero-order valence-corrected chi connectivity index (χ0v) is 16.3. The van der Waals surface area contributed by atoms with Gasteiger partial charge in [-0.3, -0.25) is 19.1 Å². The SMILES string of the molecule is [B][P+](OC)(OCOC(C)=O)OC[C@@H]1CC[C@H](n2cnc3c(=O)[nH]c(N)nc32)O1. The molecular weight excluding hydrogens is 392 g/mol. The highest BCUT2D eigenvalue weighted by Gasteiger charge is 2.40. The van der Waals surface area contributed by atoms with E-state index in [9.17, 15) is 9.59 Å². The second-order valence-corrected chi connectivity index (χ2v) is 7.93. The average Bonchev–Trinajstić information content (AvgIpc) is 3.26. The van der Waals surface area contributed by atoms with E-state index < -0.39 is 19.4 Å². The van der Waals surface area contributed by atoms with E-state index in [-0.39, 0.29) is 37.2 Å². The lowest BCUT2D eigenvalue weighted by Gasteiger charge is -2.20.